The van der Waals surface area contributed by atoms with Gasteiger partial charge in [0.05, 0.1) is 6.61 Å². The number of esters is 1. The summed E-state index contributed by atoms with van der Waals surface area (Å²) in [5.41, 5.74) is 0.472. The van der Waals surface area contributed by atoms with Gasteiger partial charge in [-0.25, -0.2) is 4.79 Å². The first-order chi connectivity index (χ1) is 8.47. The Kier molecular flexibility index (Phi) is 8.07. The molecule has 1 aromatic carbocycles. The molecule has 6 heteroatoms. The van der Waals surface area contributed by atoms with Crippen LogP contribution in [-0.4, -0.2) is 42.3 Å². The summed E-state index contributed by atoms with van der Waals surface area (Å²) in [6.45, 7) is 3.14. The Morgan fingerprint density at radius 2 is 1.79 bits per heavy atom. The van der Waals surface area contributed by atoms with E-state index < -0.39 is 11.8 Å². The Hall–Kier alpha value is -0.773. The molecule has 0 amide bonds. The molecule has 0 bridgehead atoms. The van der Waals surface area contributed by atoms with Crippen LogP contribution in [0.4, 0.5) is 0 Å². The van der Waals surface area contributed by atoms with Crippen molar-refractivity contribution in [1.29, 1.82) is 0 Å². The first-order valence-electron chi connectivity index (χ1n) is 5.34. The van der Waals surface area contributed by atoms with Crippen LogP contribution in [0.25, 0.3) is 5.76 Å². The second-order valence-corrected chi connectivity index (χ2v) is 4.78. The van der Waals surface area contributed by atoms with E-state index in [1.807, 2.05) is 0 Å². The van der Waals surface area contributed by atoms with E-state index in [-0.39, 0.29) is 36.8 Å². The van der Waals surface area contributed by atoms with Crippen molar-refractivity contribution >= 4 is 59.0 Å². The molecule has 98 valence electrons. The zero-order valence-corrected chi connectivity index (χ0v) is 12.2. The van der Waals surface area contributed by atoms with E-state index >= 15 is 0 Å². The topological polar surface area (TPSA) is 63.6 Å². The first kappa shape index (κ1) is 18.2. The van der Waals surface area contributed by atoms with Gasteiger partial charge in [-0.3, -0.25) is 4.79 Å². The van der Waals surface area contributed by atoms with Crippen molar-refractivity contribution in [2.45, 2.75) is 13.8 Å². The van der Waals surface area contributed by atoms with Gasteiger partial charge in [0.2, 0.25) is 0 Å². The quantitative estimate of drug-likeness (QED) is 0.221. The number of halogens is 1. The molecule has 4 nitrogen and oxygen atoms in total. The van der Waals surface area contributed by atoms with Crippen molar-refractivity contribution in [3.63, 3.8) is 0 Å². The molecule has 0 atom stereocenters. The SMILES string of the molecule is CCOC(=O)C(=O)C(C)=C(O)c1ccc(I)cc1.[LiH]. The Bertz CT molecular complexity index is 494. The van der Waals surface area contributed by atoms with Gasteiger partial charge >= 0.3 is 24.8 Å². The average Bonchev–Trinajstić information content (AvgIpc) is 2.37. The molecule has 0 aromatic heterocycles. The van der Waals surface area contributed by atoms with E-state index in [2.05, 4.69) is 27.3 Å². The predicted molar refractivity (Wildman–Crippen MR) is 83.2 cm³/mol. The van der Waals surface area contributed by atoms with Gasteiger partial charge in [-0.05, 0) is 48.6 Å². The number of aliphatic hydroxyl groups is 1. The summed E-state index contributed by atoms with van der Waals surface area (Å²) in [5.74, 6) is -1.98. The number of carbonyl (C=O) groups is 2. The van der Waals surface area contributed by atoms with Crippen molar-refractivity contribution in [3.8, 4) is 0 Å². The molecule has 1 rings (SSSR count). The van der Waals surface area contributed by atoms with Crippen molar-refractivity contribution < 1.29 is 19.4 Å². The average molecular weight is 368 g/mol. The molecule has 0 aliphatic rings. The van der Waals surface area contributed by atoms with Crippen LogP contribution in [0.2, 0.25) is 0 Å². The van der Waals surface area contributed by atoms with Crippen molar-refractivity contribution in [1.82, 2.24) is 0 Å². The van der Waals surface area contributed by atoms with E-state index in [0.717, 1.165) is 3.57 Å². The van der Waals surface area contributed by atoms with Crippen LogP contribution in [-0.2, 0) is 14.3 Å². The minimum atomic E-state index is -0.952. The van der Waals surface area contributed by atoms with E-state index in [1.54, 1.807) is 31.2 Å². The van der Waals surface area contributed by atoms with Gasteiger partial charge in [0.1, 0.15) is 5.76 Å². The molecule has 0 saturated heterocycles. The third kappa shape index (κ3) is 5.01. The van der Waals surface area contributed by atoms with Crippen LogP contribution in [0.5, 0.6) is 0 Å². The van der Waals surface area contributed by atoms with E-state index in [4.69, 9.17) is 0 Å². The van der Waals surface area contributed by atoms with Crippen LogP contribution < -0.4 is 0 Å². The standard InChI is InChI=1S/C13H13IO4.Li.H/c1-3-18-13(17)12(16)8(2)11(15)9-4-6-10(14)7-5-9;;/h4-7,15H,3H2,1-2H3;;. The number of Topliss-reactive ketones (excluding diaryl/α,β-unsaturated/α-hetero) is 1. The number of hydrogen-bond donors (Lipinski definition) is 1. The molecular formula is C13H14ILiO4. The Balaban J connectivity index is 0.00000324. The molecule has 19 heavy (non-hydrogen) atoms. The number of ketones is 1. The zero-order chi connectivity index (χ0) is 13.7. The summed E-state index contributed by atoms with van der Waals surface area (Å²) >= 11 is 2.13. The number of ether oxygens (including phenoxy) is 1. The predicted octanol–water partition coefficient (Wildman–Crippen LogP) is 2.06. The van der Waals surface area contributed by atoms with Gasteiger partial charge in [0.25, 0.3) is 5.78 Å². The number of carbonyl (C=O) groups excluding carboxylic acids is 2. The number of aliphatic hydroxyl groups excluding tert-OH is 1. The molecule has 0 fully saturated rings. The molecule has 1 aromatic rings. The summed E-state index contributed by atoms with van der Waals surface area (Å²) in [6, 6.07) is 6.96. The summed E-state index contributed by atoms with van der Waals surface area (Å²) in [6.07, 6.45) is 0. The molecule has 0 spiro atoms. The molecule has 0 radical (unpaired) electrons. The fourth-order valence-electron chi connectivity index (χ4n) is 1.28. The summed E-state index contributed by atoms with van der Waals surface area (Å²) in [7, 11) is 0. The Morgan fingerprint density at radius 1 is 1.26 bits per heavy atom. The third-order valence-electron chi connectivity index (χ3n) is 2.27. The van der Waals surface area contributed by atoms with Gasteiger partial charge in [0, 0.05) is 14.7 Å². The zero-order valence-electron chi connectivity index (χ0n) is 10.1. The fraction of sp³-hybridized carbons (Fsp3) is 0.231. The van der Waals surface area contributed by atoms with Crippen LogP contribution in [0.15, 0.2) is 29.8 Å². The van der Waals surface area contributed by atoms with Gasteiger partial charge in [-0.15, -0.1) is 0 Å². The van der Waals surface area contributed by atoms with Crippen LogP contribution >= 0.6 is 22.6 Å². The monoisotopic (exact) mass is 368 g/mol. The number of hydrogen-bond acceptors (Lipinski definition) is 4. The second-order valence-electron chi connectivity index (χ2n) is 3.53. The number of rotatable bonds is 4. The van der Waals surface area contributed by atoms with E-state index in [1.165, 1.54) is 6.92 Å². The summed E-state index contributed by atoms with van der Waals surface area (Å²) in [4.78, 5) is 22.9. The maximum atomic E-state index is 11.6. The molecule has 0 aliphatic heterocycles. The minimum absolute atomic E-state index is 0. The van der Waals surface area contributed by atoms with Crippen LogP contribution in [0.1, 0.15) is 19.4 Å². The molecule has 1 N–H and O–H groups in total. The van der Waals surface area contributed by atoms with Gasteiger partial charge < -0.3 is 9.84 Å². The molecule has 0 heterocycles. The summed E-state index contributed by atoms with van der Waals surface area (Å²) in [5, 5.41) is 9.92. The second kappa shape index (κ2) is 8.41. The Morgan fingerprint density at radius 3 is 2.26 bits per heavy atom. The van der Waals surface area contributed by atoms with Crippen molar-refractivity contribution in [2.75, 3.05) is 6.61 Å². The first-order valence-corrected chi connectivity index (χ1v) is 6.42. The van der Waals surface area contributed by atoms with E-state index in [0.29, 0.717) is 5.56 Å². The molecule has 0 saturated carbocycles. The molecular weight excluding hydrogens is 354 g/mol. The van der Waals surface area contributed by atoms with Gasteiger partial charge in [-0.2, -0.15) is 0 Å². The fourth-order valence-corrected chi connectivity index (χ4v) is 1.64. The molecule has 0 aliphatic carbocycles. The van der Waals surface area contributed by atoms with Crippen molar-refractivity contribution in [3.05, 3.63) is 39.0 Å². The maximum absolute atomic E-state index is 11.6. The van der Waals surface area contributed by atoms with Crippen molar-refractivity contribution in [2.24, 2.45) is 0 Å². The van der Waals surface area contributed by atoms with Gasteiger partial charge in [0.15, 0.2) is 0 Å². The van der Waals surface area contributed by atoms with Crippen LogP contribution in [0, 0.1) is 3.57 Å². The normalized spacial score (nSPS) is 11.1. The number of benzene rings is 1. The van der Waals surface area contributed by atoms with E-state index in [9.17, 15) is 14.7 Å². The molecule has 0 unspecified atom stereocenters. The van der Waals surface area contributed by atoms with Gasteiger partial charge in [-0.1, -0.05) is 12.1 Å². The van der Waals surface area contributed by atoms with Crippen LogP contribution in [0.3, 0.4) is 0 Å². The third-order valence-corrected chi connectivity index (χ3v) is 2.99. The Labute approximate surface area is 137 Å². The summed E-state index contributed by atoms with van der Waals surface area (Å²) < 4.78 is 5.61.